The first-order valence-electron chi connectivity index (χ1n) is 11.3. The Hall–Kier alpha value is -3.59. The Morgan fingerprint density at radius 3 is 2.47 bits per heavy atom. The van der Waals surface area contributed by atoms with Crippen molar-refractivity contribution in [2.75, 3.05) is 11.6 Å². The van der Waals surface area contributed by atoms with Gasteiger partial charge in [-0.2, -0.15) is 4.98 Å². The van der Waals surface area contributed by atoms with Crippen LogP contribution >= 0.6 is 0 Å². The molecular weight excluding hydrogens is 450 g/mol. The van der Waals surface area contributed by atoms with Gasteiger partial charge in [0.15, 0.2) is 9.84 Å². The summed E-state index contributed by atoms with van der Waals surface area (Å²) in [5, 5.41) is 3.83. The molecular formula is C25H25N5O3S. The number of hydrogen-bond acceptors (Lipinski definition) is 7. The molecule has 9 heteroatoms. The number of benzene rings is 1. The molecule has 0 bridgehead atoms. The molecule has 34 heavy (non-hydrogen) atoms. The third-order valence-electron chi connectivity index (χ3n) is 6.18. The summed E-state index contributed by atoms with van der Waals surface area (Å²) in [5.74, 6) is 0.719. The van der Waals surface area contributed by atoms with E-state index in [1.54, 1.807) is 12.3 Å². The van der Waals surface area contributed by atoms with Gasteiger partial charge in [-0.05, 0) is 36.6 Å². The minimum atomic E-state index is -3.33. The molecule has 3 heterocycles. The Bertz CT molecular complexity index is 1490. The lowest BCUT2D eigenvalue weighted by molar-refractivity contribution is 0.513. The van der Waals surface area contributed by atoms with E-state index in [9.17, 15) is 13.2 Å². The Morgan fingerprint density at radius 1 is 1.03 bits per heavy atom. The first-order chi connectivity index (χ1) is 16.4. The predicted molar refractivity (Wildman–Crippen MR) is 131 cm³/mol. The Labute approximate surface area is 197 Å². The fourth-order valence-electron chi connectivity index (χ4n) is 4.47. The van der Waals surface area contributed by atoms with E-state index in [1.165, 1.54) is 12.3 Å². The fraction of sp³-hybridized carbons (Fsp3) is 0.280. The Morgan fingerprint density at radius 2 is 1.79 bits per heavy atom. The first kappa shape index (κ1) is 22.2. The van der Waals surface area contributed by atoms with Gasteiger partial charge in [-0.1, -0.05) is 43.2 Å². The number of sulfone groups is 1. The Balaban J connectivity index is 1.55. The second-order valence-electron chi connectivity index (χ2n) is 8.69. The molecule has 0 spiro atoms. The molecule has 4 aromatic rings. The van der Waals surface area contributed by atoms with E-state index in [0.29, 0.717) is 23.8 Å². The average Bonchev–Trinajstić information content (AvgIpc) is 3.35. The van der Waals surface area contributed by atoms with E-state index < -0.39 is 9.84 Å². The van der Waals surface area contributed by atoms with E-state index in [0.717, 1.165) is 48.5 Å². The van der Waals surface area contributed by atoms with Gasteiger partial charge in [-0.25, -0.2) is 18.4 Å². The van der Waals surface area contributed by atoms with Crippen molar-refractivity contribution in [1.29, 1.82) is 0 Å². The summed E-state index contributed by atoms with van der Waals surface area (Å²) < 4.78 is 25.2. The van der Waals surface area contributed by atoms with Crippen molar-refractivity contribution in [3.05, 3.63) is 82.4 Å². The molecule has 3 aromatic heterocycles. The zero-order chi connectivity index (χ0) is 23.7. The highest BCUT2D eigenvalue weighted by atomic mass is 32.2. The number of nitrogens with one attached hydrogen (secondary N) is 1. The monoisotopic (exact) mass is 475 g/mol. The van der Waals surface area contributed by atoms with Gasteiger partial charge in [0.2, 0.25) is 5.95 Å². The van der Waals surface area contributed by atoms with Crippen molar-refractivity contribution >= 4 is 32.6 Å². The molecule has 0 amide bonds. The molecule has 174 valence electrons. The van der Waals surface area contributed by atoms with E-state index in [-0.39, 0.29) is 16.5 Å². The van der Waals surface area contributed by atoms with Crippen molar-refractivity contribution in [3.8, 4) is 0 Å². The molecule has 1 fully saturated rings. The van der Waals surface area contributed by atoms with Crippen LogP contribution in [0.5, 0.6) is 0 Å². The van der Waals surface area contributed by atoms with Gasteiger partial charge in [0.05, 0.1) is 4.90 Å². The Kier molecular flexibility index (Phi) is 5.87. The van der Waals surface area contributed by atoms with Crippen LogP contribution in [0.2, 0.25) is 0 Å². The SMILES string of the molecule is CS(=O)(=O)c1ccc(Nc2ncc3cc(Cc4ccccc4)c(=O)n(C4CCCC4)c3n2)nc1. The normalized spacial score (nSPS) is 14.5. The minimum absolute atomic E-state index is 0.0106. The lowest BCUT2D eigenvalue weighted by Gasteiger charge is -2.18. The fourth-order valence-corrected chi connectivity index (χ4v) is 5.03. The molecule has 0 unspecified atom stereocenters. The zero-order valence-corrected chi connectivity index (χ0v) is 19.6. The van der Waals surface area contributed by atoms with Gasteiger partial charge in [-0.15, -0.1) is 0 Å². The van der Waals surface area contributed by atoms with Crippen LogP contribution in [0.15, 0.2) is 70.6 Å². The zero-order valence-electron chi connectivity index (χ0n) is 18.8. The molecule has 5 rings (SSSR count). The maximum atomic E-state index is 13.6. The summed E-state index contributed by atoms with van der Waals surface area (Å²) in [6, 6.07) is 15.0. The van der Waals surface area contributed by atoms with Crippen LogP contribution < -0.4 is 10.9 Å². The smallest absolute Gasteiger partial charge is 0.256 e. The standard InChI is InChI=1S/C25H25N5O3S/c1-34(32,33)21-11-12-22(26-16-21)28-25-27-15-19-14-18(13-17-7-3-2-4-8-17)24(31)30(23(19)29-25)20-9-5-6-10-20/h2-4,7-8,11-12,14-16,20H,5-6,9-10,13H2,1H3,(H,26,27,28,29). The molecule has 0 atom stereocenters. The molecule has 0 saturated heterocycles. The quantitative estimate of drug-likeness (QED) is 0.448. The summed E-state index contributed by atoms with van der Waals surface area (Å²) in [7, 11) is -3.33. The maximum Gasteiger partial charge on any atom is 0.256 e. The summed E-state index contributed by atoms with van der Waals surface area (Å²) in [6.45, 7) is 0. The molecule has 1 aliphatic rings. The van der Waals surface area contributed by atoms with Gasteiger partial charge < -0.3 is 5.32 Å². The topological polar surface area (TPSA) is 107 Å². The van der Waals surface area contributed by atoms with Crippen molar-refractivity contribution in [3.63, 3.8) is 0 Å². The van der Waals surface area contributed by atoms with Crippen molar-refractivity contribution in [1.82, 2.24) is 19.5 Å². The number of pyridine rings is 2. The first-order valence-corrected chi connectivity index (χ1v) is 13.2. The summed E-state index contributed by atoms with van der Waals surface area (Å²) in [6.07, 6.45) is 8.79. The molecule has 0 radical (unpaired) electrons. The summed E-state index contributed by atoms with van der Waals surface area (Å²) in [5.41, 5.74) is 2.40. The van der Waals surface area contributed by atoms with Crippen LogP contribution in [0.1, 0.15) is 42.9 Å². The van der Waals surface area contributed by atoms with Crippen LogP contribution in [0.4, 0.5) is 11.8 Å². The third-order valence-corrected chi connectivity index (χ3v) is 7.28. The maximum absolute atomic E-state index is 13.6. The lowest BCUT2D eigenvalue weighted by Crippen LogP contribution is -2.28. The van der Waals surface area contributed by atoms with Crippen LogP contribution in [-0.4, -0.2) is 34.2 Å². The molecule has 1 N–H and O–H groups in total. The largest absolute Gasteiger partial charge is 0.309 e. The van der Waals surface area contributed by atoms with Crippen LogP contribution in [0.25, 0.3) is 11.0 Å². The van der Waals surface area contributed by atoms with Crippen molar-refractivity contribution in [2.45, 2.75) is 43.0 Å². The molecule has 0 aliphatic heterocycles. The van der Waals surface area contributed by atoms with Crippen LogP contribution in [-0.2, 0) is 16.3 Å². The highest BCUT2D eigenvalue weighted by Crippen LogP contribution is 2.31. The van der Waals surface area contributed by atoms with E-state index >= 15 is 0 Å². The number of aromatic nitrogens is 4. The molecule has 8 nitrogen and oxygen atoms in total. The summed E-state index contributed by atoms with van der Waals surface area (Å²) in [4.78, 5) is 27.0. The number of rotatable bonds is 6. The minimum Gasteiger partial charge on any atom is -0.309 e. The average molecular weight is 476 g/mol. The van der Waals surface area contributed by atoms with E-state index in [4.69, 9.17) is 0 Å². The third kappa shape index (κ3) is 4.56. The van der Waals surface area contributed by atoms with E-state index in [2.05, 4.69) is 20.3 Å². The van der Waals surface area contributed by atoms with Crippen molar-refractivity contribution < 1.29 is 8.42 Å². The lowest BCUT2D eigenvalue weighted by atomic mass is 10.0. The number of hydrogen-bond donors (Lipinski definition) is 1. The number of anilines is 2. The van der Waals surface area contributed by atoms with Gasteiger partial charge in [0.25, 0.3) is 5.56 Å². The van der Waals surface area contributed by atoms with Crippen LogP contribution in [0.3, 0.4) is 0 Å². The number of fused-ring (bicyclic) bond motifs is 1. The molecule has 1 aromatic carbocycles. The molecule has 1 aliphatic carbocycles. The van der Waals surface area contributed by atoms with Crippen LogP contribution in [0, 0.1) is 0 Å². The van der Waals surface area contributed by atoms with Crippen molar-refractivity contribution in [2.24, 2.45) is 0 Å². The second kappa shape index (κ2) is 8.98. The highest BCUT2D eigenvalue weighted by Gasteiger charge is 2.23. The highest BCUT2D eigenvalue weighted by molar-refractivity contribution is 7.90. The van der Waals surface area contributed by atoms with Gasteiger partial charge in [-0.3, -0.25) is 9.36 Å². The van der Waals surface area contributed by atoms with E-state index in [1.807, 2.05) is 41.0 Å². The molecule has 1 saturated carbocycles. The van der Waals surface area contributed by atoms with Gasteiger partial charge in [0, 0.05) is 42.1 Å². The predicted octanol–water partition coefficient (Wildman–Crippen LogP) is 4.04. The van der Waals surface area contributed by atoms with Gasteiger partial charge in [0.1, 0.15) is 11.5 Å². The summed E-state index contributed by atoms with van der Waals surface area (Å²) >= 11 is 0. The second-order valence-corrected chi connectivity index (χ2v) is 10.7. The number of nitrogens with zero attached hydrogens (tertiary/aromatic N) is 4. The van der Waals surface area contributed by atoms with Gasteiger partial charge >= 0.3 is 0 Å².